The third kappa shape index (κ3) is 5.62. The predicted octanol–water partition coefficient (Wildman–Crippen LogP) is 3.20. The van der Waals surface area contributed by atoms with Crippen molar-refractivity contribution in [3.8, 4) is 5.75 Å². The van der Waals surface area contributed by atoms with Crippen LogP contribution in [0.3, 0.4) is 0 Å². The molecule has 0 bridgehead atoms. The van der Waals surface area contributed by atoms with Crippen molar-refractivity contribution < 1.29 is 19.1 Å². The summed E-state index contributed by atoms with van der Waals surface area (Å²) in [5.41, 5.74) is 0.944. The van der Waals surface area contributed by atoms with Gasteiger partial charge in [0.25, 0.3) is 5.91 Å². The maximum atomic E-state index is 12.3. The molecule has 0 spiro atoms. The highest BCUT2D eigenvalue weighted by Crippen LogP contribution is 2.15. The van der Waals surface area contributed by atoms with Gasteiger partial charge < -0.3 is 19.3 Å². The van der Waals surface area contributed by atoms with Gasteiger partial charge in [-0.1, -0.05) is 41.9 Å². The Labute approximate surface area is 163 Å². The van der Waals surface area contributed by atoms with E-state index in [0.29, 0.717) is 37.0 Å². The van der Waals surface area contributed by atoms with E-state index in [-0.39, 0.29) is 25.2 Å². The molecule has 0 atom stereocenters. The summed E-state index contributed by atoms with van der Waals surface area (Å²) in [7, 11) is 0. The largest absolute Gasteiger partial charge is 0.484 e. The Balaban J connectivity index is 1.39. The topological polar surface area (TPSA) is 59.1 Å². The molecule has 0 unspecified atom stereocenters. The third-order valence-electron chi connectivity index (χ3n) is 4.27. The molecular formula is C20H21ClN2O4. The van der Waals surface area contributed by atoms with Crippen molar-refractivity contribution in [3.63, 3.8) is 0 Å². The fourth-order valence-electron chi connectivity index (χ4n) is 2.72. The molecule has 0 saturated carbocycles. The van der Waals surface area contributed by atoms with E-state index in [4.69, 9.17) is 21.1 Å². The van der Waals surface area contributed by atoms with Gasteiger partial charge in [0, 0.05) is 31.2 Å². The first-order chi connectivity index (χ1) is 13.1. The first kappa shape index (κ1) is 19.0. The highest BCUT2D eigenvalue weighted by Gasteiger charge is 2.25. The van der Waals surface area contributed by atoms with E-state index in [1.54, 1.807) is 34.1 Å². The van der Waals surface area contributed by atoms with Crippen LogP contribution in [0.1, 0.15) is 5.56 Å². The molecule has 3 rings (SSSR count). The molecule has 1 aliphatic rings. The van der Waals surface area contributed by atoms with Crippen molar-refractivity contribution in [3.05, 3.63) is 65.2 Å². The van der Waals surface area contributed by atoms with Gasteiger partial charge in [-0.3, -0.25) is 4.79 Å². The molecule has 0 N–H and O–H groups in total. The van der Waals surface area contributed by atoms with Crippen LogP contribution in [-0.2, 0) is 16.1 Å². The maximum Gasteiger partial charge on any atom is 0.410 e. The number of halogens is 1. The number of benzene rings is 2. The van der Waals surface area contributed by atoms with E-state index in [2.05, 4.69) is 0 Å². The van der Waals surface area contributed by atoms with Crippen LogP contribution in [0, 0.1) is 0 Å². The van der Waals surface area contributed by atoms with Crippen molar-refractivity contribution in [2.45, 2.75) is 6.61 Å². The summed E-state index contributed by atoms with van der Waals surface area (Å²) >= 11 is 5.82. The van der Waals surface area contributed by atoms with Crippen LogP contribution in [0.5, 0.6) is 5.75 Å². The number of carbonyl (C=O) groups is 2. The van der Waals surface area contributed by atoms with E-state index < -0.39 is 0 Å². The average molecular weight is 389 g/mol. The molecule has 1 saturated heterocycles. The Morgan fingerprint density at radius 3 is 2.19 bits per heavy atom. The van der Waals surface area contributed by atoms with Gasteiger partial charge in [-0.2, -0.15) is 0 Å². The molecule has 1 aliphatic heterocycles. The minimum Gasteiger partial charge on any atom is -0.484 e. The number of ether oxygens (including phenoxy) is 2. The lowest BCUT2D eigenvalue weighted by molar-refractivity contribution is -0.135. The molecule has 142 valence electrons. The van der Waals surface area contributed by atoms with Crippen LogP contribution in [0.4, 0.5) is 4.79 Å². The Morgan fingerprint density at radius 1 is 0.889 bits per heavy atom. The first-order valence-electron chi connectivity index (χ1n) is 8.73. The number of piperazine rings is 1. The molecule has 27 heavy (non-hydrogen) atoms. The smallest absolute Gasteiger partial charge is 0.410 e. The van der Waals surface area contributed by atoms with E-state index in [1.807, 2.05) is 30.3 Å². The summed E-state index contributed by atoms with van der Waals surface area (Å²) in [6, 6.07) is 16.4. The summed E-state index contributed by atoms with van der Waals surface area (Å²) in [6.45, 7) is 2.01. The maximum absolute atomic E-state index is 12.3. The predicted molar refractivity (Wildman–Crippen MR) is 102 cm³/mol. The molecule has 2 aromatic carbocycles. The van der Waals surface area contributed by atoms with Crippen molar-refractivity contribution in [2.24, 2.45) is 0 Å². The van der Waals surface area contributed by atoms with Crippen LogP contribution in [-0.4, -0.2) is 54.6 Å². The number of hydrogen-bond acceptors (Lipinski definition) is 4. The van der Waals surface area contributed by atoms with Crippen molar-refractivity contribution in [2.75, 3.05) is 32.8 Å². The Kier molecular flexibility index (Phi) is 6.54. The van der Waals surface area contributed by atoms with Crippen LogP contribution in [0.25, 0.3) is 0 Å². The Morgan fingerprint density at radius 2 is 1.52 bits per heavy atom. The lowest BCUT2D eigenvalue weighted by Crippen LogP contribution is -2.51. The fourth-order valence-corrected chi connectivity index (χ4v) is 2.84. The van der Waals surface area contributed by atoms with Crippen LogP contribution in [0.15, 0.2) is 54.6 Å². The molecular weight excluding hydrogens is 368 g/mol. The van der Waals surface area contributed by atoms with Crippen LogP contribution in [0.2, 0.25) is 5.02 Å². The molecule has 1 heterocycles. The number of carbonyl (C=O) groups excluding carboxylic acids is 2. The van der Waals surface area contributed by atoms with Gasteiger partial charge >= 0.3 is 6.09 Å². The Bertz CT molecular complexity index is 759. The molecule has 7 heteroatoms. The highest BCUT2D eigenvalue weighted by atomic mass is 35.5. The quantitative estimate of drug-likeness (QED) is 0.789. The second kappa shape index (κ2) is 9.28. The summed E-state index contributed by atoms with van der Waals surface area (Å²) in [4.78, 5) is 27.7. The second-order valence-electron chi connectivity index (χ2n) is 6.15. The zero-order valence-electron chi connectivity index (χ0n) is 14.8. The van der Waals surface area contributed by atoms with E-state index in [1.165, 1.54) is 0 Å². The van der Waals surface area contributed by atoms with Gasteiger partial charge in [0.1, 0.15) is 12.4 Å². The van der Waals surface area contributed by atoms with Crippen LogP contribution < -0.4 is 4.74 Å². The number of nitrogens with zero attached hydrogens (tertiary/aromatic N) is 2. The molecule has 6 nitrogen and oxygen atoms in total. The SMILES string of the molecule is O=C(COc1ccc(Cl)cc1)N1CCN(C(=O)OCc2ccccc2)CC1. The average Bonchev–Trinajstić information content (AvgIpc) is 2.72. The molecule has 0 radical (unpaired) electrons. The minimum atomic E-state index is -0.358. The van der Waals surface area contributed by atoms with Crippen LogP contribution >= 0.6 is 11.6 Å². The molecule has 2 aromatic rings. The molecule has 0 aliphatic carbocycles. The van der Waals surface area contributed by atoms with Gasteiger partial charge in [-0.05, 0) is 29.8 Å². The normalized spacial score (nSPS) is 14.0. The standard InChI is InChI=1S/C20H21ClN2O4/c21-17-6-8-18(9-7-17)26-15-19(24)22-10-12-23(13-11-22)20(25)27-14-16-4-2-1-3-5-16/h1-9H,10-15H2. The molecule has 1 fully saturated rings. The Hall–Kier alpha value is -2.73. The minimum absolute atomic E-state index is 0.0416. The number of hydrogen-bond donors (Lipinski definition) is 0. The van der Waals surface area contributed by atoms with E-state index in [0.717, 1.165) is 5.56 Å². The fraction of sp³-hybridized carbons (Fsp3) is 0.300. The molecule has 2 amide bonds. The number of amides is 2. The van der Waals surface area contributed by atoms with Gasteiger partial charge in [0.2, 0.25) is 0 Å². The summed E-state index contributed by atoms with van der Waals surface area (Å²) in [5, 5.41) is 0.615. The van der Waals surface area contributed by atoms with Gasteiger partial charge in [0.15, 0.2) is 6.61 Å². The lowest BCUT2D eigenvalue weighted by atomic mass is 10.2. The zero-order valence-corrected chi connectivity index (χ0v) is 15.6. The summed E-state index contributed by atoms with van der Waals surface area (Å²) < 4.78 is 10.8. The number of rotatable bonds is 5. The summed E-state index contributed by atoms with van der Waals surface area (Å²) in [6.07, 6.45) is -0.358. The summed E-state index contributed by atoms with van der Waals surface area (Å²) in [5.74, 6) is 0.484. The zero-order chi connectivity index (χ0) is 19.1. The van der Waals surface area contributed by atoms with Gasteiger partial charge in [0.05, 0.1) is 0 Å². The highest BCUT2D eigenvalue weighted by molar-refractivity contribution is 6.30. The second-order valence-corrected chi connectivity index (χ2v) is 6.59. The first-order valence-corrected chi connectivity index (χ1v) is 9.11. The van der Waals surface area contributed by atoms with Gasteiger partial charge in [-0.25, -0.2) is 4.79 Å². The van der Waals surface area contributed by atoms with E-state index >= 15 is 0 Å². The van der Waals surface area contributed by atoms with Crippen molar-refractivity contribution >= 4 is 23.6 Å². The molecule has 0 aromatic heterocycles. The third-order valence-corrected chi connectivity index (χ3v) is 4.52. The van der Waals surface area contributed by atoms with Crippen molar-refractivity contribution in [1.82, 2.24) is 9.80 Å². The van der Waals surface area contributed by atoms with Gasteiger partial charge in [-0.15, -0.1) is 0 Å². The monoisotopic (exact) mass is 388 g/mol. The van der Waals surface area contributed by atoms with E-state index in [9.17, 15) is 9.59 Å². The van der Waals surface area contributed by atoms with Crippen molar-refractivity contribution in [1.29, 1.82) is 0 Å². The lowest BCUT2D eigenvalue weighted by Gasteiger charge is -2.34.